The molecule has 1 heterocycles. The van der Waals surface area contributed by atoms with Crippen LogP contribution < -0.4 is 0 Å². The number of carbonyl (C=O) groups is 2. The Morgan fingerprint density at radius 1 is 0.783 bits per heavy atom. The summed E-state index contributed by atoms with van der Waals surface area (Å²) in [7, 11) is 0. The van der Waals surface area contributed by atoms with E-state index >= 15 is 0 Å². The molecule has 1 saturated heterocycles. The van der Waals surface area contributed by atoms with Gasteiger partial charge in [0.25, 0.3) is 11.8 Å². The van der Waals surface area contributed by atoms with E-state index in [2.05, 4.69) is 0 Å². The van der Waals surface area contributed by atoms with Crippen LogP contribution in [0.25, 0.3) is 0 Å². The fourth-order valence-electron chi connectivity index (χ4n) is 2.59. The molecule has 2 aromatic rings. The molecule has 114 valence electrons. The lowest BCUT2D eigenvalue weighted by Gasteiger charge is -2.27. The van der Waals surface area contributed by atoms with E-state index in [1.165, 1.54) is 10.0 Å². The van der Waals surface area contributed by atoms with E-state index in [9.17, 15) is 9.59 Å². The van der Waals surface area contributed by atoms with E-state index in [1.54, 1.807) is 0 Å². The van der Waals surface area contributed by atoms with Crippen LogP contribution in [0.5, 0.6) is 0 Å². The quantitative estimate of drug-likeness (QED) is 0.813. The van der Waals surface area contributed by atoms with Gasteiger partial charge in [-0.25, -0.2) is 10.0 Å². The first-order valence-corrected chi connectivity index (χ1v) is 7.31. The monoisotopic (exact) mass is 305 g/mol. The Morgan fingerprint density at radius 2 is 1.17 bits per heavy atom. The zero-order chi connectivity index (χ0) is 16.2. The Bertz CT molecular complexity index is 693. The van der Waals surface area contributed by atoms with Crippen molar-refractivity contribution in [2.45, 2.75) is 13.1 Å². The number of benzene rings is 2. The van der Waals surface area contributed by atoms with Gasteiger partial charge in [-0.1, -0.05) is 60.7 Å². The molecule has 1 aliphatic rings. The number of rotatable bonds is 4. The zero-order valence-corrected chi connectivity index (χ0v) is 12.4. The van der Waals surface area contributed by atoms with Crippen molar-refractivity contribution in [1.82, 2.24) is 10.0 Å². The van der Waals surface area contributed by atoms with Crippen LogP contribution in [0, 0.1) is 17.2 Å². The average molecular weight is 305 g/mol. The highest BCUT2D eigenvalue weighted by Gasteiger charge is 2.45. The largest absolute Gasteiger partial charge is 0.271 e. The van der Waals surface area contributed by atoms with Crippen LogP contribution in [0.15, 0.2) is 60.7 Å². The molecule has 0 bridgehead atoms. The van der Waals surface area contributed by atoms with Crippen molar-refractivity contribution in [2.75, 3.05) is 0 Å². The predicted octanol–water partition coefficient (Wildman–Crippen LogP) is 2.11. The molecule has 0 unspecified atom stereocenters. The second kappa shape index (κ2) is 6.32. The molecular weight excluding hydrogens is 290 g/mol. The molecule has 0 N–H and O–H groups in total. The number of nitrogens with zero attached hydrogens (tertiary/aromatic N) is 3. The lowest BCUT2D eigenvalue weighted by atomic mass is 10.1. The van der Waals surface area contributed by atoms with E-state index in [0.717, 1.165) is 11.1 Å². The molecule has 1 fully saturated rings. The molecule has 0 radical (unpaired) electrons. The molecule has 23 heavy (non-hydrogen) atoms. The first-order valence-electron chi connectivity index (χ1n) is 7.31. The maximum atomic E-state index is 12.4. The molecule has 0 spiro atoms. The van der Waals surface area contributed by atoms with Crippen LogP contribution in [-0.4, -0.2) is 21.8 Å². The molecule has 3 rings (SSSR count). The summed E-state index contributed by atoms with van der Waals surface area (Å²) in [5.74, 6) is -2.17. The molecule has 1 aliphatic heterocycles. The third-order valence-corrected chi connectivity index (χ3v) is 3.77. The van der Waals surface area contributed by atoms with E-state index in [0.29, 0.717) is 0 Å². The van der Waals surface area contributed by atoms with Crippen molar-refractivity contribution in [3.8, 4) is 6.07 Å². The van der Waals surface area contributed by atoms with Crippen molar-refractivity contribution in [3.05, 3.63) is 71.8 Å². The number of amides is 2. The number of carbonyl (C=O) groups excluding carboxylic acids is 2. The fraction of sp³-hybridized carbons (Fsp3) is 0.167. The van der Waals surface area contributed by atoms with Crippen LogP contribution in [0.3, 0.4) is 0 Å². The fourth-order valence-corrected chi connectivity index (χ4v) is 2.59. The normalized spacial score (nSPS) is 15.1. The minimum absolute atomic E-state index is 0.274. The van der Waals surface area contributed by atoms with Gasteiger partial charge < -0.3 is 0 Å². The smallest absolute Gasteiger partial charge is 0.268 e. The van der Waals surface area contributed by atoms with Gasteiger partial charge in [-0.3, -0.25) is 9.59 Å². The first kappa shape index (κ1) is 14.8. The molecule has 5 heteroatoms. The Labute approximate surface area is 134 Å². The van der Waals surface area contributed by atoms with Gasteiger partial charge in [0.15, 0.2) is 0 Å². The Hall–Kier alpha value is -3.13. The summed E-state index contributed by atoms with van der Waals surface area (Å²) in [5, 5.41) is 11.9. The number of hydrogen-bond donors (Lipinski definition) is 0. The third-order valence-electron chi connectivity index (χ3n) is 3.77. The number of hydrogen-bond acceptors (Lipinski definition) is 3. The van der Waals surface area contributed by atoms with Crippen molar-refractivity contribution < 1.29 is 9.59 Å². The predicted molar refractivity (Wildman–Crippen MR) is 83.1 cm³/mol. The van der Waals surface area contributed by atoms with E-state index in [-0.39, 0.29) is 13.1 Å². The van der Waals surface area contributed by atoms with E-state index in [4.69, 9.17) is 5.26 Å². The van der Waals surface area contributed by atoms with Gasteiger partial charge in [0.05, 0.1) is 19.2 Å². The molecule has 2 aromatic carbocycles. The summed E-state index contributed by atoms with van der Waals surface area (Å²) in [5.41, 5.74) is 1.82. The van der Waals surface area contributed by atoms with Gasteiger partial charge in [-0.2, -0.15) is 5.26 Å². The van der Waals surface area contributed by atoms with Gasteiger partial charge >= 0.3 is 0 Å². The summed E-state index contributed by atoms with van der Waals surface area (Å²) in [6.07, 6.45) is 0. The molecule has 0 atom stereocenters. The maximum absolute atomic E-state index is 12.4. The SMILES string of the molecule is N#CC1C(=O)N(Cc2ccccc2)N(Cc2ccccc2)C1=O. The highest BCUT2D eigenvalue weighted by Crippen LogP contribution is 2.24. The van der Waals surface area contributed by atoms with Crippen LogP contribution in [-0.2, 0) is 22.7 Å². The number of nitriles is 1. The van der Waals surface area contributed by atoms with Gasteiger partial charge in [0, 0.05) is 0 Å². The Morgan fingerprint density at radius 3 is 1.52 bits per heavy atom. The lowest BCUT2D eigenvalue weighted by molar-refractivity contribution is -0.149. The van der Waals surface area contributed by atoms with Gasteiger partial charge in [-0.05, 0) is 11.1 Å². The Balaban J connectivity index is 1.88. The molecule has 0 saturated carbocycles. The van der Waals surface area contributed by atoms with Gasteiger partial charge in [-0.15, -0.1) is 0 Å². The van der Waals surface area contributed by atoms with Crippen molar-refractivity contribution >= 4 is 11.8 Å². The molecule has 2 amide bonds. The van der Waals surface area contributed by atoms with Crippen molar-refractivity contribution in [2.24, 2.45) is 5.92 Å². The van der Waals surface area contributed by atoms with E-state index in [1.807, 2.05) is 66.7 Å². The van der Waals surface area contributed by atoms with Gasteiger partial charge in [0.1, 0.15) is 0 Å². The summed E-state index contributed by atoms with van der Waals surface area (Å²) < 4.78 is 0. The highest BCUT2D eigenvalue weighted by molar-refractivity contribution is 6.07. The third kappa shape index (κ3) is 2.92. The van der Waals surface area contributed by atoms with E-state index < -0.39 is 17.7 Å². The highest BCUT2D eigenvalue weighted by atomic mass is 16.2. The molecular formula is C18H15N3O2. The average Bonchev–Trinajstić information content (AvgIpc) is 2.80. The second-order valence-corrected chi connectivity index (χ2v) is 5.33. The van der Waals surface area contributed by atoms with Crippen LogP contribution in [0.1, 0.15) is 11.1 Å². The maximum Gasteiger partial charge on any atom is 0.268 e. The second-order valence-electron chi connectivity index (χ2n) is 5.33. The molecule has 0 aromatic heterocycles. The van der Waals surface area contributed by atoms with Crippen molar-refractivity contribution in [3.63, 3.8) is 0 Å². The summed E-state index contributed by atoms with van der Waals surface area (Å²) in [6, 6.07) is 20.6. The lowest BCUT2D eigenvalue weighted by Crippen LogP contribution is -2.39. The number of hydrazine groups is 1. The van der Waals surface area contributed by atoms with Crippen LogP contribution in [0.2, 0.25) is 0 Å². The summed E-state index contributed by atoms with van der Waals surface area (Å²) in [4.78, 5) is 24.8. The molecule has 5 nitrogen and oxygen atoms in total. The first-order chi connectivity index (χ1) is 11.2. The summed E-state index contributed by atoms with van der Waals surface area (Å²) >= 11 is 0. The van der Waals surface area contributed by atoms with Gasteiger partial charge in [0.2, 0.25) is 5.92 Å². The summed E-state index contributed by atoms with van der Waals surface area (Å²) in [6.45, 7) is 0.548. The standard InChI is InChI=1S/C18H15N3O2/c19-11-16-17(22)20(12-14-7-3-1-4-8-14)21(18(16)23)13-15-9-5-2-6-10-15/h1-10,16H,12-13H2. The topological polar surface area (TPSA) is 64.4 Å². The molecule has 0 aliphatic carbocycles. The minimum atomic E-state index is -1.25. The van der Waals surface area contributed by atoms with Crippen LogP contribution in [0.4, 0.5) is 0 Å². The van der Waals surface area contributed by atoms with Crippen molar-refractivity contribution in [1.29, 1.82) is 5.26 Å². The van der Waals surface area contributed by atoms with Crippen LogP contribution >= 0.6 is 0 Å². The zero-order valence-electron chi connectivity index (χ0n) is 12.4. The Kier molecular flexibility index (Phi) is 4.07. The minimum Gasteiger partial charge on any atom is -0.271 e.